The first-order chi connectivity index (χ1) is 18.3. The largest absolute Gasteiger partial charge is 0.497 e. The first kappa shape index (κ1) is 27.9. The van der Waals surface area contributed by atoms with Crippen molar-refractivity contribution < 1.29 is 33.2 Å². The summed E-state index contributed by atoms with van der Waals surface area (Å²) >= 11 is 0. The van der Waals surface area contributed by atoms with E-state index in [-0.39, 0.29) is 25.2 Å². The van der Waals surface area contributed by atoms with E-state index >= 15 is 0 Å². The average Bonchev–Trinajstić information content (AvgIpc) is 2.92. The molecule has 1 atom stereocenters. The summed E-state index contributed by atoms with van der Waals surface area (Å²) < 4.78 is 46.0. The molecule has 0 unspecified atom stereocenters. The number of hydrogen-bond donors (Lipinski definition) is 3. The topological polar surface area (TPSA) is 86.0 Å². The van der Waals surface area contributed by atoms with E-state index in [1.165, 1.54) is 0 Å². The van der Waals surface area contributed by atoms with Crippen LogP contribution in [0.15, 0.2) is 36.5 Å². The van der Waals surface area contributed by atoms with E-state index in [1.54, 1.807) is 31.5 Å². The highest BCUT2D eigenvalue weighted by molar-refractivity contribution is 5.85. The fraction of sp³-hybridized carbons (Fsp3) is 0.414. The monoisotopic (exact) mass is 528 g/mol. The lowest BCUT2D eigenvalue weighted by atomic mass is 9.74. The van der Waals surface area contributed by atoms with E-state index in [2.05, 4.69) is 16.8 Å². The van der Waals surface area contributed by atoms with Crippen LogP contribution in [0.4, 0.5) is 13.2 Å². The molecule has 9 heteroatoms. The summed E-state index contributed by atoms with van der Waals surface area (Å²) in [6.07, 6.45) is 2.96. The number of aliphatic hydroxyl groups excluding tert-OH is 3. The van der Waals surface area contributed by atoms with Crippen molar-refractivity contribution in [1.82, 2.24) is 9.88 Å². The number of nitrogens with zero attached hydrogens (tertiary/aromatic N) is 2. The van der Waals surface area contributed by atoms with Crippen LogP contribution in [0.25, 0.3) is 10.9 Å². The van der Waals surface area contributed by atoms with Gasteiger partial charge in [-0.3, -0.25) is 9.88 Å². The van der Waals surface area contributed by atoms with E-state index in [1.807, 2.05) is 4.90 Å². The minimum absolute atomic E-state index is 0.0387. The Morgan fingerprint density at radius 3 is 2.45 bits per heavy atom. The van der Waals surface area contributed by atoms with Crippen molar-refractivity contribution in [2.45, 2.75) is 38.4 Å². The first-order valence-corrected chi connectivity index (χ1v) is 12.5. The minimum Gasteiger partial charge on any atom is -0.497 e. The molecular weight excluding hydrogens is 497 g/mol. The Kier molecular flexibility index (Phi) is 8.90. The number of piperidine rings is 1. The van der Waals surface area contributed by atoms with Crippen LogP contribution in [0.1, 0.15) is 48.5 Å². The molecule has 2 aromatic carbocycles. The molecule has 0 amide bonds. The summed E-state index contributed by atoms with van der Waals surface area (Å²) in [5.41, 5.74) is 0.991. The Balaban J connectivity index is 1.40. The zero-order valence-electron chi connectivity index (χ0n) is 21.2. The molecule has 0 bridgehead atoms. The number of aromatic nitrogens is 1. The molecule has 1 saturated heterocycles. The number of halogens is 3. The van der Waals surface area contributed by atoms with Gasteiger partial charge in [-0.15, -0.1) is 0 Å². The Hall–Kier alpha value is -3.16. The average molecular weight is 529 g/mol. The number of hydrogen-bond acceptors (Lipinski definition) is 6. The van der Waals surface area contributed by atoms with Crippen molar-refractivity contribution >= 4 is 10.9 Å². The molecule has 2 heterocycles. The fourth-order valence-electron chi connectivity index (χ4n) is 5.04. The van der Waals surface area contributed by atoms with Gasteiger partial charge in [-0.2, -0.15) is 0 Å². The Morgan fingerprint density at radius 1 is 1.11 bits per heavy atom. The summed E-state index contributed by atoms with van der Waals surface area (Å²) in [7, 11) is 1.56. The molecule has 0 aliphatic carbocycles. The normalized spacial score (nSPS) is 16.2. The van der Waals surface area contributed by atoms with Crippen molar-refractivity contribution in [2.24, 2.45) is 5.41 Å². The molecule has 202 valence electrons. The minimum atomic E-state index is -1.03. The molecule has 3 N–H and O–H groups in total. The second-order valence-electron chi connectivity index (χ2n) is 9.77. The van der Waals surface area contributed by atoms with Gasteiger partial charge >= 0.3 is 0 Å². The van der Waals surface area contributed by atoms with Crippen LogP contribution in [0.2, 0.25) is 0 Å². The quantitative estimate of drug-likeness (QED) is 0.382. The van der Waals surface area contributed by atoms with Crippen molar-refractivity contribution in [3.63, 3.8) is 0 Å². The molecule has 0 spiro atoms. The van der Waals surface area contributed by atoms with Crippen LogP contribution >= 0.6 is 0 Å². The number of likely N-dealkylation sites (tertiary alicyclic amines) is 1. The standard InChI is InChI=1S/C29H31F3N2O4/c1-38-21-4-5-26-23(15-21)28(19(17-35)16-33-26)27(37)6-7-29(18-36)8-11-34(12-9-29)10-2-3-22-24(31)13-20(30)14-25(22)32/h4-5,13-16,27,35-37H,6-12,17-18H2,1H3/t27-/m1/s1. The van der Waals surface area contributed by atoms with E-state index < -0.39 is 29.1 Å². The van der Waals surface area contributed by atoms with E-state index in [4.69, 9.17) is 4.74 Å². The van der Waals surface area contributed by atoms with Crippen LogP contribution in [-0.2, 0) is 6.61 Å². The zero-order valence-corrected chi connectivity index (χ0v) is 21.2. The van der Waals surface area contributed by atoms with Gasteiger partial charge in [-0.05, 0) is 68.0 Å². The predicted octanol–water partition coefficient (Wildman–Crippen LogP) is 4.09. The van der Waals surface area contributed by atoms with Gasteiger partial charge in [-0.25, -0.2) is 13.2 Å². The number of pyridine rings is 1. The third kappa shape index (κ3) is 6.11. The van der Waals surface area contributed by atoms with Gasteiger partial charge in [0.2, 0.25) is 0 Å². The second kappa shape index (κ2) is 12.1. The van der Waals surface area contributed by atoms with E-state index in [0.717, 1.165) is 0 Å². The highest BCUT2D eigenvalue weighted by atomic mass is 19.1. The molecule has 38 heavy (non-hydrogen) atoms. The highest BCUT2D eigenvalue weighted by Crippen LogP contribution is 2.39. The lowest BCUT2D eigenvalue weighted by molar-refractivity contribution is 0.0271. The summed E-state index contributed by atoms with van der Waals surface area (Å²) in [6, 6.07) is 6.60. The molecule has 6 nitrogen and oxygen atoms in total. The Bertz CT molecular complexity index is 1320. The zero-order chi connectivity index (χ0) is 27.3. The van der Waals surface area contributed by atoms with Gasteiger partial charge in [0.25, 0.3) is 0 Å². The fourth-order valence-corrected chi connectivity index (χ4v) is 5.04. The van der Waals surface area contributed by atoms with Crippen molar-refractivity contribution in [3.05, 3.63) is 70.7 Å². The van der Waals surface area contributed by atoms with Gasteiger partial charge < -0.3 is 20.1 Å². The predicted molar refractivity (Wildman–Crippen MR) is 137 cm³/mol. The Morgan fingerprint density at radius 2 is 1.82 bits per heavy atom. The third-order valence-electron chi connectivity index (χ3n) is 7.43. The molecule has 4 rings (SSSR count). The third-order valence-corrected chi connectivity index (χ3v) is 7.43. The number of benzene rings is 2. The number of fused-ring (bicyclic) bond motifs is 1. The lowest BCUT2D eigenvalue weighted by Gasteiger charge is -2.40. The van der Waals surface area contributed by atoms with E-state index in [9.17, 15) is 28.5 Å². The van der Waals surface area contributed by atoms with Crippen LogP contribution in [0.5, 0.6) is 5.75 Å². The van der Waals surface area contributed by atoms with Crippen molar-refractivity contribution in [3.8, 4) is 17.6 Å². The van der Waals surface area contributed by atoms with Crippen LogP contribution < -0.4 is 4.74 Å². The number of ether oxygens (including phenoxy) is 1. The van der Waals surface area contributed by atoms with Gasteiger partial charge in [0.15, 0.2) is 0 Å². The first-order valence-electron chi connectivity index (χ1n) is 12.5. The highest BCUT2D eigenvalue weighted by Gasteiger charge is 2.34. The van der Waals surface area contributed by atoms with E-state index in [0.29, 0.717) is 78.7 Å². The van der Waals surface area contributed by atoms with Gasteiger partial charge in [0.1, 0.15) is 23.2 Å². The number of aliphatic hydroxyl groups is 3. The Labute approximate surface area is 219 Å². The van der Waals surface area contributed by atoms with Crippen LogP contribution in [-0.4, -0.2) is 58.6 Å². The van der Waals surface area contributed by atoms with Crippen LogP contribution in [0.3, 0.4) is 0 Å². The maximum absolute atomic E-state index is 13.8. The summed E-state index contributed by atoms with van der Waals surface area (Å²) in [4.78, 5) is 6.41. The molecule has 0 saturated carbocycles. The summed E-state index contributed by atoms with van der Waals surface area (Å²) in [6.45, 7) is 1.22. The number of methoxy groups -OCH3 is 1. The lowest BCUT2D eigenvalue weighted by Crippen LogP contribution is -2.42. The smallest absolute Gasteiger partial charge is 0.144 e. The molecule has 1 aliphatic heterocycles. The van der Waals surface area contributed by atoms with Gasteiger partial charge in [-0.1, -0.05) is 11.8 Å². The number of rotatable bonds is 8. The van der Waals surface area contributed by atoms with Gasteiger partial charge in [0, 0.05) is 35.9 Å². The SMILES string of the molecule is COc1ccc2ncc(CO)c([C@H](O)CCC3(CO)CCN(CC#Cc4c(F)cc(F)cc4F)CC3)c2c1. The second-order valence-corrected chi connectivity index (χ2v) is 9.77. The molecular formula is C29H31F3N2O4. The van der Waals surface area contributed by atoms with Gasteiger partial charge in [0.05, 0.1) is 37.4 Å². The molecule has 1 aliphatic rings. The molecule has 1 fully saturated rings. The van der Waals surface area contributed by atoms with Crippen LogP contribution in [0, 0.1) is 34.7 Å². The van der Waals surface area contributed by atoms with Crippen molar-refractivity contribution in [1.29, 1.82) is 0 Å². The summed E-state index contributed by atoms with van der Waals surface area (Å²) in [5.74, 6) is 2.79. The maximum atomic E-state index is 13.8. The van der Waals surface area contributed by atoms with Crippen molar-refractivity contribution in [2.75, 3.05) is 33.4 Å². The molecule has 1 aromatic heterocycles. The summed E-state index contributed by atoms with van der Waals surface area (Å²) in [5, 5.41) is 32.0. The maximum Gasteiger partial charge on any atom is 0.144 e. The molecule has 3 aromatic rings. The molecule has 0 radical (unpaired) electrons.